The number of hydrogen-bond donors (Lipinski definition) is 2. The fraction of sp³-hybridized carbons (Fsp3) is 0.111. The number of imidazole rings is 1. The number of halogens is 1. The summed E-state index contributed by atoms with van der Waals surface area (Å²) in [5, 5.41) is 2.72. The zero-order valence-electron chi connectivity index (χ0n) is 7.66. The van der Waals surface area contributed by atoms with Gasteiger partial charge >= 0.3 is 0 Å². The Labute approximate surface area is 94.0 Å². The zero-order chi connectivity index (χ0) is 10.7. The minimum absolute atomic E-state index is 0.181. The van der Waals surface area contributed by atoms with E-state index >= 15 is 0 Å². The van der Waals surface area contributed by atoms with Gasteiger partial charge in [-0.05, 0) is 15.9 Å². The van der Waals surface area contributed by atoms with Crippen LogP contribution in [0, 0.1) is 0 Å². The van der Waals surface area contributed by atoms with Gasteiger partial charge in [0.15, 0.2) is 4.67 Å². The number of rotatable bonds is 3. The molecule has 6 heteroatoms. The monoisotopic (exact) mass is 269 g/mol. The molecule has 2 N–H and O–H groups in total. The molecule has 2 heterocycles. The number of furan rings is 1. The summed E-state index contributed by atoms with van der Waals surface area (Å²) in [6.45, 7) is 0.418. The molecule has 0 fully saturated rings. The smallest absolute Gasteiger partial charge is 0.254 e. The summed E-state index contributed by atoms with van der Waals surface area (Å²) < 4.78 is 5.49. The number of aromatic nitrogens is 2. The average Bonchev–Trinajstić information content (AvgIpc) is 2.84. The Morgan fingerprint density at radius 2 is 2.53 bits per heavy atom. The van der Waals surface area contributed by atoms with Crippen LogP contribution in [0.3, 0.4) is 0 Å². The van der Waals surface area contributed by atoms with Crippen LogP contribution in [0.5, 0.6) is 0 Å². The third-order valence-electron chi connectivity index (χ3n) is 1.82. The van der Waals surface area contributed by atoms with E-state index < -0.39 is 0 Å². The lowest BCUT2D eigenvalue weighted by molar-refractivity contribution is 0.0950. The largest absolute Gasteiger partial charge is 0.457 e. The van der Waals surface area contributed by atoms with Crippen molar-refractivity contribution in [2.24, 2.45) is 0 Å². The van der Waals surface area contributed by atoms with Crippen LogP contribution >= 0.6 is 15.9 Å². The van der Waals surface area contributed by atoms with Crippen molar-refractivity contribution >= 4 is 21.8 Å². The molecule has 0 saturated heterocycles. The Morgan fingerprint density at radius 3 is 3.13 bits per heavy atom. The first-order chi connectivity index (χ1) is 7.25. The van der Waals surface area contributed by atoms with Crippen molar-refractivity contribution in [2.75, 3.05) is 0 Å². The number of hydrogen-bond acceptors (Lipinski definition) is 3. The molecule has 0 aliphatic carbocycles. The molecule has 15 heavy (non-hydrogen) atoms. The first kappa shape index (κ1) is 9.97. The van der Waals surface area contributed by atoms with Crippen molar-refractivity contribution in [2.45, 2.75) is 6.54 Å². The minimum Gasteiger partial charge on any atom is -0.457 e. The number of amides is 1. The molecule has 0 unspecified atom stereocenters. The normalized spacial score (nSPS) is 10.2. The SMILES string of the molecule is O=C(NCc1cnc[nH]1)c1coc(Br)c1. The number of nitrogens with one attached hydrogen (secondary N) is 2. The lowest BCUT2D eigenvalue weighted by Crippen LogP contribution is -2.22. The van der Waals surface area contributed by atoms with E-state index in [1.165, 1.54) is 6.26 Å². The summed E-state index contributed by atoms with van der Waals surface area (Å²) in [5.74, 6) is -0.181. The van der Waals surface area contributed by atoms with Gasteiger partial charge in [0.25, 0.3) is 5.91 Å². The van der Waals surface area contributed by atoms with Crippen LogP contribution in [0.2, 0.25) is 0 Å². The Kier molecular flexibility index (Phi) is 2.86. The van der Waals surface area contributed by atoms with E-state index in [0.29, 0.717) is 16.8 Å². The van der Waals surface area contributed by atoms with Gasteiger partial charge in [-0.2, -0.15) is 0 Å². The van der Waals surface area contributed by atoms with E-state index in [1.807, 2.05) is 0 Å². The predicted octanol–water partition coefficient (Wildman–Crippen LogP) is 1.70. The van der Waals surface area contributed by atoms with Gasteiger partial charge in [0.1, 0.15) is 6.26 Å². The standard InChI is InChI=1S/C9H8BrN3O2/c10-8-1-6(4-15-8)9(14)12-3-7-2-11-5-13-7/h1-2,4-5H,3H2,(H,11,13)(H,12,14). The molecule has 0 aromatic carbocycles. The van der Waals surface area contributed by atoms with Gasteiger partial charge in [0, 0.05) is 12.3 Å². The third kappa shape index (κ3) is 2.47. The van der Waals surface area contributed by atoms with E-state index in [9.17, 15) is 4.79 Å². The number of carbonyl (C=O) groups is 1. The third-order valence-corrected chi connectivity index (χ3v) is 2.24. The molecule has 2 rings (SSSR count). The number of aromatic amines is 1. The first-order valence-corrected chi connectivity index (χ1v) is 5.04. The number of carbonyl (C=O) groups excluding carboxylic acids is 1. The molecule has 1 amide bonds. The Bertz CT molecular complexity index is 450. The van der Waals surface area contributed by atoms with Gasteiger partial charge in [-0.15, -0.1) is 0 Å². The molecule has 0 bridgehead atoms. The lowest BCUT2D eigenvalue weighted by atomic mass is 10.3. The molecular weight excluding hydrogens is 262 g/mol. The van der Waals surface area contributed by atoms with Crippen molar-refractivity contribution < 1.29 is 9.21 Å². The van der Waals surface area contributed by atoms with Crippen LogP contribution in [0.25, 0.3) is 0 Å². The highest BCUT2D eigenvalue weighted by Gasteiger charge is 2.08. The van der Waals surface area contributed by atoms with Crippen molar-refractivity contribution in [1.29, 1.82) is 0 Å². The Hall–Kier alpha value is -1.56. The highest BCUT2D eigenvalue weighted by atomic mass is 79.9. The minimum atomic E-state index is -0.181. The molecule has 2 aromatic rings. The van der Waals surface area contributed by atoms with Gasteiger partial charge in [-0.1, -0.05) is 0 Å². The average molecular weight is 270 g/mol. The molecule has 0 radical (unpaired) electrons. The molecular formula is C9H8BrN3O2. The van der Waals surface area contributed by atoms with Crippen LogP contribution in [0.1, 0.15) is 16.1 Å². The summed E-state index contributed by atoms with van der Waals surface area (Å²) in [4.78, 5) is 18.3. The molecule has 0 aliphatic heterocycles. The lowest BCUT2D eigenvalue weighted by Gasteiger charge is -1.99. The second-order valence-corrected chi connectivity index (χ2v) is 3.68. The van der Waals surface area contributed by atoms with Crippen LogP contribution in [-0.2, 0) is 6.54 Å². The fourth-order valence-electron chi connectivity index (χ4n) is 1.09. The van der Waals surface area contributed by atoms with E-state index in [0.717, 1.165) is 5.69 Å². The Morgan fingerprint density at radius 1 is 1.67 bits per heavy atom. The second-order valence-electron chi connectivity index (χ2n) is 2.90. The van der Waals surface area contributed by atoms with Crippen molar-refractivity contribution in [3.05, 3.63) is 40.8 Å². The highest BCUT2D eigenvalue weighted by Crippen LogP contribution is 2.13. The molecule has 0 spiro atoms. The summed E-state index contributed by atoms with van der Waals surface area (Å²) in [7, 11) is 0. The van der Waals surface area contributed by atoms with Crippen LogP contribution in [0.4, 0.5) is 0 Å². The van der Waals surface area contributed by atoms with Gasteiger partial charge in [-0.25, -0.2) is 4.98 Å². The van der Waals surface area contributed by atoms with Gasteiger partial charge in [0.05, 0.1) is 24.1 Å². The van der Waals surface area contributed by atoms with Crippen molar-refractivity contribution in [3.8, 4) is 0 Å². The van der Waals surface area contributed by atoms with Gasteiger partial charge < -0.3 is 14.7 Å². The molecule has 2 aromatic heterocycles. The summed E-state index contributed by atoms with van der Waals surface area (Å²) in [6, 6.07) is 1.61. The highest BCUT2D eigenvalue weighted by molar-refractivity contribution is 9.10. The van der Waals surface area contributed by atoms with Crippen molar-refractivity contribution in [3.63, 3.8) is 0 Å². The Balaban J connectivity index is 1.93. The molecule has 5 nitrogen and oxygen atoms in total. The molecule has 0 atom stereocenters. The van der Waals surface area contributed by atoms with Crippen LogP contribution in [-0.4, -0.2) is 15.9 Å². The zero-order valence-corrected chi connectivity index (χ0v) is 9.24. The predicted molar refractivity (Wildman–Crippen MR) is 56.2 cm³/mol. The second kappa shape index (κ2) is 4.31. The molecule has 0 aliphatic rings. The van der Waals surface area contributed by atoms with Gasteiger partial charge in [-0.3, -0.25) is 4.79 Å². The molecule has 0 saturated carbocycles. The maximum absolute atomic E-state index is 11.5. The summed E-state index contributed by atoms with van der Waals surface area (Å²) in [6.07, 6.45) is 4.62. The maximum atomic E-state index is 11.5. The van der Waals surface area contributed by atoms with Crippen molar-refractivity contribution in [1.82, 2.24) is 15.3 Å². The van der Waals surface area contributed by atoms with E-state index in [4.69, 9.17) is 4.42 Å². The quantitative estimate of drug-likeness (QED) is 0.891. The topological polar surface area (TPSA) is 70.9 Å². The first-order valence-electron chi connectivity index (χ1n) is 4.25. The summed E-state index contributed by atoms with van der Waals surface area (Å²) in [5.41, 5.74) is 1.34. The van der Waals surface area contributed by atoms with Gasteiger partial charge in [0.2, 0.25) is 0 Å². The van der Waals surface area contributed by atoms with Crippen LogP contribution < -0.4 is 5.32 Å². The maximum Gasteiger partial charge on any atom is 0.254 e. The van der Waals surface area contributed by atoms with E-state index in [1.54, 1.807) is 18.6 Å². The van der Waals surface area contributed by atoms with Crippen LogP contribution in [0.15, 0.2) is 33.9 Å². The number of H-pyrrole nitrogens is 1. The summed E-state index contributed by atoms with van der Waals surface area (Å²) >= 11 is 3.13. The fourth-order valence-corrected chi connectivity index (χ4v) is 1.43. The van der Waals surface area contributed by atoms with E-state index in [-0.39, 0.29) is 5.91 Å². The van der Waals surface area contributed by atoms with E-state index in [2.05, 4.69) is 31.2 Å². The number of nitrogens with zero attached hydrogens (tertiary/aromatic N) is 1. The molecule has 78 valence electrons.